The van der Waals surface area contributed by atoms with E-state index in [2.05, 4.69) is 22.3 Å². The van der Waals surface area contributed by atoms with Crippen LogP contribution in [0.5, 0.6) is 0 Å². The van der Waals surface area contributed by atoms with E-state index in [0.29, 0.717) is 17.3 Å². The average Bonchev–Trinajstić information content (AvgIpc) is 3.33. The monoisotopic (exact) mass is 413 g/mol. The number of rotatable bonds is 5. The van der Waals surface area contributed by atoms with E-state index >= 15 is 0 Å². The first kappa shape index (κ1) is 18.6. The summed E-state index contributed by atoms with van der Waals surface area (Å²) in [4.78, 5) is 15.3. The van der Waals surface area contributed by atoms with Gasteiger partial charge < -0.3 is 4.90 Å². The fraction of sp³-hybridized carbons (Fsp3) is 0.120. The molecule has 0 saturated heterocycles. The molecule has 0 saturated carbocycles. The van der Waals surface area contributed by atoms with Crippen LogP contribution in [-0.2, 0) is 6.42 Å². The molecule has 3 aromatic carbocycles. The van der Waals surface area contributed by atoms with E-state index in [1.165, 1.54) is 5.56 Å². The maximum Gasteiger partial charge on any atom is 0.273 e. The number of aromatic amines is 1. The van der Waals surface area contributed by atoms with Gasteiger partial charge in [0.05, 0.1) is 11.7 Å². The molecule has 5 rings (SSSR count). The molecule has 1 N–H and O–H groups in total. The van der Waals surface area contributed by atoms with Crippen LogP contribution in [0, 0.1) is 0 Å². The highest BCUT2D eigenvalue weighted by atomic mass is 35.5. The Balaban J connectivity index is 1.60. The Kier molecular flexibility index (Phi) is 4.85. The highest BCUT2D eigenvalue weighted by Gasteiger charge is 2.42. The molecular weight excluding hydrogens is 394 g/mol. The van der Waals surface area contributed by atoms with Gasteiger partial charge in [-0.1, -0.05) is 90.5 Å². The zero-order valence-electron chi connectivity index (χ0n) is 16.3. The lowest BCUT2D eigenvalue weighted by molar-refractivity contribution is 0.0746. The first-order chi connectivity index (χ1) is 14.7. The predicted octanol–water partition coefficient (Wildman–Crippen LogP) is 5.52. The van der Waals surface area contributed by atoms with Crippen molar-refractivity contribution >= 4 is 17.5 Å². The van der Waals surface area contributed by atoms with Crippen LogP contribution in [0.2, 0.25) is 5.02 Å². The van der Waals surface area contributed by atoms with Crippen LogP contribution < -0.4 is 0 Å². The SMILES string of the molecule is O=C1c2[nH]nc(-c3ccccc3)c2C(c2ccccc2Cl)N1CCc1ccccc1. The number of benzene rings is 3. The Bertz CT molecular complexity index is 1190. The summed E-state index contributed by atoms with van der Waals surface area (Å²) in [5.41, 5.74) is 5.33. The molecule has 0 spiro atoms. The lowest BCUT2D eigenvalue weighted by Crippen LogP contribution is -2.31. The molecule has 148 valence electrons. The third kappa shape index (κ3) is 3.19. The van der Waals surface area contributed by atoms with Crippen LogP contribution in [0.15, 0.2) is 84.9 Å². The largest absolute Gasteiger partial charge is 0.326 e. The Hall–Kier alpha value is -3.37. The summed E-state index contributed by atoms with van der Waals surface area (Å²) in [6.45, 7) is 0.593. The molecule has 5 heteroatoms. The average molecular weight is 414 g/mol. The molecule has 1 aliphatic heterocycles. The Labute approximate surface area is 180 Å². The summed E-state index contributed by atoms with van der Waals surface area (Å²) in [5.74, 6) is -0.0412. The fourth-order valence-electron chi connectivity index (χ4n) is 4.16. The third-order valence-corrected chi connectivity index (χ3v) is 5.94. The number of aromatic nitrogens is 2. The molecule has 2 heterocycles. The van der Waals surface area contributed by atoms with E-state index in [1.54, 1.807) is 0 Å². The minimum atomic E-state index is -0.279. The van der Waals surface area contributed by atoms with E-state index in [1.807, 2.05) is 77.7 Å². The first-order valence-corrected chi connectivity index (χ1v) is 10.3. The molecule has 1 atom stereocenters. The molecule has 4 nitrogen and oxygen atoms in total. The minimum absolute atomic E-state index is 0.0412. The van der Waals surface area contributed by atoms with Crippen molar-refractivity contribution in [2.24, 2.45) is 0 Å². The quantitative estimate of drug-likeness (QED) is 0.468. The van der Waals surface area contributed by atoms with Gasteiger partial charge in [0, 0.05) is 22.7 Å². The van der Waals surface area contributed by atoms with Gasteiger partial charge in [0.15, 0.2) is 0 Å². The number of nitrogens with one attached hydrogen (secondary N) is 1. The number of carbonyl (C=O) groups excluding carboxylic acids is 1. The topological polar surface area (TPSA) is 49.0 Å². The summed E-state index contributed by atoms with van der Waals surface area (Å²) in [6, 6.07) is 27.6. The normalized spacial score (nSPS) is 15.4. The molecule has 0 bridgehead atoms. The molecule has 1 aliphatic rings. The maximum absolute atomic E-state index is 13.4. The van der Waals surface area contributed by atoms with Crippen LogP contribution in [0.1, 0.15) is 33.2 Å². The highest BCUT2D eigenvalue weighted by molar-refractivity contribution is 6.31. The van der Waals surface area contributed by atoms with E-state index < -0.39 is 0 Å². The molecule has 4 aromatic rings. The second kappa shape index (κ2) is 7.81. The number of amides is 1. The number of H-pyrrole nitrogens is 1. The third-order valence-electron chi connectivity index (χ3n) is 5.60. The molecule has 1 aromatic heterocycles. The Morgan fingerprint density at radius 1 is 0.900 bits per heavy atom. The van der Waals surface area contributed by atoms with Crippen molar-refractivity contribution in [1.82, 2.24) is 15.1 Å². The minimum Gasteiger partial charge on any atom is -0.326 e. The predicted molar refractivity (Wildman–Crippen MR) is 119 cm³/mol. The molecule has 1 amide bonds. The van der Waals surface area contributed by atoms with Crippen LogP contribution in [0.25, 0.3) is 11.3 Å². The van der Waals surface area contributed by atoms with Crippen molar-refractivity contribution in [2.75, 3.05) is 6.54 Å². The van der Waals surface area contributed by atoms with Crippen molar-refractivity contribution in [1.29, 1.82) is 0 Å². The summed E-state index contributed by atoms with van der Waals surface area (Å²) in [7, 11) is 0. The van der Waals surface area contributed by atoms with Crippen LogP contribution >= 0.6 is 11.6 Å². The Morgan fingerprint density at radius 3 is 2.30 bits per heavy atom. The van der Waals surface area contributed by atoms with Gasteiger partial charge in [-0.25, -0.2) is 0 Å². The van der Waals surface area contributed by atoms with E-state index in [4.69, 9.17) is 11.6 Å². The summed E-state index contributed by atoms with van der Waals surface area (Å²) in [5, 5.41) is 8.14. The smallest absolute Gasteiger partial charge is 0.273 e. The zero-order chi connectivity index (χ0) is 20.5. The van der Waals surface area contributed by atoms with Crippen molar-refractivity contribution in [3.05, 3.63) is 112 Å². The molecular formula is C25H20ClN3O. The summed E-state index contributed by atoms with van der Waals surface area (Å²) < 4.78 is 0. The molecule has 0 aliphatic carbocycles. The van der Waals surface area contributed by atoms with Crippen molar-refractivity contribution in [3.8, 4) is 11.3 Å². The number of nitrogens with zero attached hydrogens (tertiary/aromatic N) is 2. The standard InChI is InChI=1S/C25H20ClN3O/c26-20-14-8-7-13-19(20)24-21-22(18-11-5-2-6-12-18)27-28-23(21)25(30)29(24)16-15-17-9-3-1-4-10-17/h1-14,24H,15-16H2,(H,27,28). The van der Waals surface area contributed by atoms with E-state index in [0.717, 1.165) is 28.8 Å². The van der Waals surface area contributed by atoms with Gasteiger partial charge in [-0.3, -0.25) is 9.89 Å². The molecule has 0 fully saturated rings. The van der Waals surface area contributed by atoms with Crippen molar-refractivity contribution in [3.63, 3.8) is 0 Å². The molecule has 1 unspecified atom stereocenters. The van der Waals surface area contributed by atoms with Gasteiger partial charge in [0.1, 0.15) is 5.69 Å². The van der Waals surface area contributed by atoms with Gasteiger partial charge in [-0.15, -0.1) is 0 Å². The zero-order valence-corrected chi connectivity index (χ0v) is 17.0. The Morgan fingerprint density at radius 2 is 1.57 bits per heavy atom. The molecule has 30 heavy (non-hydrogen) atoms. The van der Waals surface area contributed by atoms with Crippen molar-refractivity contribution < 1.29 is 4.79 Å². The second-order valence-corrected chi connectivity index (χ2v) is 7.79. The number of fused-ring (bicyclic) bond motifs is 1. The van der Waals surface area contributed by atoms with Gasteiger partial charge in [-0.05, 0) is 23.6 Å². The highest BCUT2D eigenvalue weighted by Crippen LogP contribution is 2.44. The number of halogens is 1. The molecule has 0 radical (unpaired) electrons. The van der Waals surface area contributed by atoms with E-state index in [9.17, 15) is 4.79 Å². The van der Waals surface area contributed by atoms with Gasteiger partial charge in [0.25, 0.3) is 5.91 Å². The van der Waals surface area contributed by atoms with Gasteiger partial charge in [0.2, 0.25) is 0 Å². The fourth-order valence-corrected chi connectivity index (χ4v) is 4.40. The number of hydrogen-bond acceptors (Lipinski definition) is 2. The maximum atomic E-state index is 13.4. The first-order valence-electron chi connectivity index (χ1n) is 9.97. The van der Waals surface area contributed by atoms with Crippen molar-refractivity contribution in [2.45, 2.75) is 12.5 Å². The number of carbonyl (C=O) groups is 1. The van der Waals surface area contributed by atoms with Gasteiger partial charge >= 0.3 is 0 Å². The second-order valence-electron chi connectivity index (χ2n) is 7.39. The lowest BCUT2D eigenvalue weighted by Gasteiger charge is -2.27. The van der Waals surface area contributed by atoms with E-state index in [-0.39, 0.29) is 11.9 Å². The number of hydrogen-bond donors (Lipinski definition) is 1. The van der Waals surface area contributed by atoms with Crippen LogP contribution in [0.3, 0.4) is 0 Å². The lowest BCUT2D eigenvalue weighted by atomic mass is 9.96. The van der Waals surface area contributed by atoms with Gasteiger partial charge in [-0.2, -0.15) is 5.10 Å². The summed E-state index contributed by atoms with van der Waals surface area (Å²) >= 11 is 6.60. The summed E-state index contributed by atoms with van der Waals surface area (Å²) in [6.07, 6.45) is 0.770. The van der Waals surface area contributed by atoms with Crippen LogP contribution in [-0.4, -0.2) is 27.5 Å². The van der Waals surface area contributed by atoms with Crippen LogP contribution in [0.4, 0.5) is 0 Å².